The van der Waals surface area contributed by atoms with Gasteiger partial charge >= 0.3 is 0 Å². The van der Waals surface area contributed by atoms with Crippen LogP contribution in [-0.4, -0.2) is 42.1 Å². The zero-order chi connectivity index (χ0) is 26.3. The molecule has 0 saturated heterocycles. The van der Waals surface area contributed by atoms with Crippen LogP contribution < -0.4 is 21.1 Å². The highest BCUT2D eigenvalue weighted by Crippen LogP contribution is 2.35. The topological polar surface area (TPSA) is 105 Å². The number of amides is 1. The molecule has 7 nitrogen and oxygen atoms in total. The number of H-pyrrole nitrogens is 1. The summed E-state index contributed by atoms with van der Waals surface area (Å²) in [5.41, 5.74) is 13.2. The molecule has 0 saturated carbocycles. The molecule has 2 aromatic carbocycles. The van der Waals surface area contributed by atoms with Crippen LogP contribution in [0.4, 0.5) is 5.69 Å². The molecule has 1 aliphatic rings. The highest BCUT2D eigenvalue weighted by atomic mass is 16.5. The van der Waals surface area contributed by atoms with Crippen molar-refractivity contribution in [2.45, 2.75) is 63.8 Å². The molecule has 4 aromatic rings. The third-order valence-electron chi connectivity index (χ3n) is 7.63. The van der Waals surface area contributed by atoms with Crippen LogP contribution in [-0.2, 0) is 24.1 Å². The molecule has 0 fully saturated rings. The van der Waals surface area contributed by atoms with Crippen LogP contribution >= 0.6 is 0 Å². The molecule has 200 valence electrons. The maximum absolute atomic E-state index is 12.5. The molecule has 38 heavy (non-hydrogen) atoms. The Morgan fingerprint density at radius 2 is 1.87 bits per heavy atom. The van der Waals surface area contributed by atoms with E-state index < -0.39 is 6.04 Å². The number of aromatic amines is 1. The number of fused-ring (bicyclic) bond motifs is 3. The van der Waals surface area contributed by atoms with E-state index in [1.165, 1.54) is 29.8 Å². The van der Waals surface area contributed by atoms with Crippen molar-refractivity contribution in [1.82, 2.24) is 15.3 Å². The Hall–Kier alpha value is -3.58. The summed E-state index contributed by atoms with van der Waals surface area (Å²) >= 11 is 0. The quantitative estimate of drug-likeness (QED) is 0.193. The van der Waals surface area contributed by atoms with Crippen molar-refractivity contribution in [2.75, 3.05) is 25.5 Å². The van der Waals surface area contributed by atoms with Crippen molar-refractivity contribution in [3.05, 3.63) is 65.5 Å². The van der Waals surface area contributed by atoms with E-state index in [1.807, 2.05) is 30.5 Å². The Labute approximate surface area is 224 Å². The lowest BCUT2D eigenvalue weighted by Gasteiger charge is -2.22. The van der Waals surface area contributed by atoms with Gasteiger partial charge in [-0.1, -0.05) is 31.0 Å². The summed E-state index contributed by atoms with van der Waals surface area (Å²) in [7, 11) is 1.71. The number of anilines is 1. The molecule has 0 bridgehead atoms. The van der Waals surface area contributed by atoms with E-state index in [4.69, 9.17) is 15.5 Å². The van der Waals surface area contributed by atoms with Crippen molar-refractivity contribution >= 4 is 33.4 Å². The van der Waals surface area contributed by atoms with Gasteiger partial charge in [0.2, 0.25) is 5.91 Å². The average Bonchev–Trinajstić information content (AvgIpc) is 3.36. The number of carbonyl (C=O) groups is 1. The van der Waals surface area contributed by atoms with Gasteiger partial charge in [0.25, 0.3) is 0 Å². The van der Waals surface area contributed by atoms with Gasteiger partial charge in [-0.2, -0.15) is 0 Å². The minimum atomic E-state index is -0.543. The van der Waals surface area contributed by atoms with Gasteiger partial charge in [0.1, 0.15) is 5.75 Å². The number of nitrogens with one attached hydrogen (secondary N) is 3. The van der Waals surface area contributed by atoms with Crippen LogP contribution in [0.2, 0.25) is 0 Å². The molecule has 5 rings (SSSR count). The van der Waals surface area contributed by atoms with Gasteiger partial charge in [0.15, 0.2) is 0 Å². The van der Waals surface area contributed by atoms with Gasteiger partial charge in [-0.15, -0.1) is 0 Å². The van der Waals surface area contributed by atoms with E-state index in [0.29, 0.717) is 13.0 Å². The van der Waals surface area contributed by atoms with Gasteiger partial charge in [0, 0.05) is 47.0 Å². The number of unbranched alkanes of at least 4 members (excludes halogenated alkanes) is 3. The minimum Gasteiger partial charge on any atom is -0.497 e. The second-order valence-electron chi connectivity index (χ2n) is 10.3. The Morgan fingerprint density at radius 1 is 1.05 bits per heavy atom. The van der Waals surface area contributed by atoms with E-state index in [0.717, 1.165) is 78.2 Å². The fraction of sp³-hybridized carbons (Fsp3) is 0.419. The van der Waals surface area contributed by atoms with Crippen LogP contribution in [0.5, 0.6) is 5.75 Å². The van der Waals surface area contributed by atoms with Gasteiger partial charge in [-0.05, 0) is 80.3 Å². The van der Waals surface area contributed by atoms with Crippen LogP contribution in [0.15, 0.2) is 48.7 Å². The molecule has 0 unspecified atom stereocenters. The smallest absolute Gasteiger partial charge is 0.237 e. The van der Waals surface area contributed by atoms with Gasteiger partial charge in [-0.25, -0.2) is 0 Å². The molecule has 7 heteroatoms. The number of para-hydroxylation sites is 1. The third kappa shape index (κ3) is 5.94. The number of hydrogen-bond acceptors (Lipinski definition) is 5. The number of nitrogens with two attached hydrogens (primary N) is 1. The SMILES string of the molecule is COc1ccc2nc3c(c(NCCCCCCNC(=O)[C@@H](N)Cc4c[nH]c5ccccc45)c2c1)CCCC3. The Kier molecular flexibility index (Phi) is 8.44. The number of rotatable bonds is 12. The van der Waals surface area contributed by atoms with E-state index >= 15 is 0 Å². The number of pyridine rings is 1. The first-order valence-electron chi connectivity index (χ1n) is 14.0. The number of methoxy groups -OCH3 is 1. The summed E-state index contributed by atoms with van der Waals surface area (Å²) in [5, 5.41) is 9.03. The summed E-state index contributed by atoms with van der Waals surface area (Å²) in [6, 6.07) is 13.7. The second kappa shape index (κ2) is 12.3. The summed E-state index contributed by atoms with van der Waals surface area (Å²) in [6.07, 6.45) is 11.3. The third-order valence-corrected chi connectivity index (χ3v) is 7.63. The highest BCUT2D eigenvalue weighted by molar-refractivity contribution is 5.94. The fourth-order valence-corrected chi connectivity index (χ4v) is 5.52. The summed E-state index contributed by atoms with van der Waals surface area (Å²) in [5.74, 6) is 0.781. The minimum absolute atomic E-state index is 0.0817. The molecular formula is C31H39N5O2. The van der Waals surface area contributed by atoms with Crippen molar-refractivity contribution in [3.8, 4) is 5.75 Å². The van der Waals surface area contributed by atoms with Gasteiger partial charge in [-0.3, -0.25) is 9.78 Å². The predicted molar refractivity (Wildman–Crippen MR) is 155 cm³/mol. The van der Waals surface area contributed by atoms with E-state index in [1.54, 1.807) is 7.11 Å². The molecule has 1 atom stereocenters. The number of aryl methyl sites for hydroxylation is 1. The first-order valence-corrected chi connectivity index (χ1v) is 14.0. The Bertz CT molecular complexity index is 1400. The first-order chi connectivity index (χ1) is 18.6. The standard InChI is InChI=1S/C31H39N5O2/c1-38-22-14-15-29-25(19-22)30(24-11-5-7-13-28(24)36-29)33-16-8-2-3-9-17-34-31(37)26(32)18-21-20-35-27-12-6-4-10-23(21)27/h4,6,10,12,14-15,19-20,26,35H,2-3,5,7-9,11,13,16-18,32H2,1H3,(H,33,36)(H,34,37)/t26-/m0/s1. The zero-order valence-electron chi connectivity index (χ0n) is 22.3. The summed E-state index contributed by atoms with van der Waals surface area (Å²) in [6.45, 7) is 1.58. The lowest BCUT2D eigenvalue weighted by Crippen LogP contribution is -2.42. The number of nitrogens with zero attached hydrogens (tertiary/aromatic N) is 1. The van der Waals surface area contributed by atoms with Crippen LogP contribution in [0.25, 0.3) is 21.8 Å². The molecule has 0 spiro atoms. The maximum atomic E-state index is 12.5. The van der Waals surface area contributed by atoms with Gasteiger partial charge in [0.05, 0.1) is 18.7 Å². The van der Waals surface area contributed by atoms with Crippen molar-refractivity contribution < 1.29 is 9.53 Å². The van der Waals surface area contributed by atoms with E-state index in [2.05, 4.69) is 33.8 Å². The average molecular weight is 514 g/mol. The second-order valence-corrected chi connectivity index (χ2v) is 10.3. The normalized spacial score (nSPS) is 13.8. The molecule has 1 amide bonds. The van der Waals surface area contributed by atoms with Crippen LogP contribution in [0, 0.1) is 0 Å². The number of aromatic nitrogens is 2. The Balaban J connectivity index is 1.05. The van der Waals surface area contributed by atoms with E-state index in [-0.39, 0.29) is 5.91 Å². The summed E-state index contributed by atoms with van der Waals surface area (Å²) < 4.78 is 5.48. The summed E-state index contributed by atoms with van der Waals surface area (Å²) in [4.78, 5) is 20.7. The molecule has 1 aliphatic carbocycles. The van der Waals surface area contributed by atoms with Crippen molar-refractivity contribution in [1.29, 1.82) is 0 Å². The highest BCUT2D eigenvalue weighted by Gasteiger charge is 2.19. The molecule has 5 N–H and O–H groups in total. The molecular weight excluding hydrogens is 474 g/mol. The fourth-order valence-electron chi connectivity index (χ4n) is 5.52. The number of benzene rings is 2. The number of hydrogen-bond donors (Lipinski definition) is 4. The predicted octanol–water partition coefficient (Wildman–Crippen LogP) is 5.26. The van der Waals surface area contributed by atoms with Gasteiger partial charge < -0.3 is 26.1 Å². The maximum Gasteiger partial charge on any atom is 0.237 e. The largest absolute Gasteiger partial charge is 0.497 e. The molecule has 2 heterocycles. The molecule has 2 aromatic heterocycles. The first kappa shape index (κ1) is 26.0. The lowest BCUT2D eigenvalue weighted by atomic mass is 9.92. The lowest BCUT2D eigenvalue weighted by molar-refractivity contribution is -0.122. The van der Waals surface area contributed by atoms with Crippen molar-refractivity contribution in [2.24, 2.45) is 5.73 Å². The van der Waals surface area contributed by atoms with Crippen LogP contribution in [0.1, 0.15) is 55.3 Å². The number of ether oxygens (including phenoxy) is 1. The van der Waals surface area contributed by atoms with Crippen LogP contribution in [0.3, 0.4) is 0 Å². The van der Waals surface area contributed by atoms with E-state index in [9.17, 15) is 4.79 Å². The molecule has 0 radical (unpaired) electrons. The van der Waals surface area contributed by atoms with Crippen molar-refractivity contribution in [3.63, 3.8) is 0 Å². The zero-order valence-corrected chi connectivity index (χ0v) is 22.3. The molecule has 0 aliphatic heterocycles. The monoisotopic (exact) mass is 513 g/mol. The number of carbonyl (C=O) groups excluding carboxylic acids is 1. The Morgan fingerprint density at radius 3 is 2.74 bits per heavy atom.